The number of tetrazole rings is 1. The van der Waals surface area contributed by atoms with Crippen LogP contribution in [0.4, 0.5) is 5.69 Å². The summed E-state index contributed by atoms with van der Waals surface area (Å²) in [7, 11) is 0. The second-order valence-electron chi connectivity index (χ2n) is 4.94. The topological polar surface area (TPSA) is 69.6 Å². The standard InChI is InChI=1S/C15H14BrN5/c1-9-6-11(16)8-12(7-9)21-15(18-19-20-21)13-5-3-4-10(2)14(13)17/h3-8H,17H2,1-2H3. The molecule has 0 saturated carbocycles. The molecule has 0 saturated heterocycles. The number of halogens is 1. The first-order chi connectivity index (χ1) is 10.1. The van der Waals surface area contributed by atoms with Gasteiger partial charge in [0, 0.05) is 15.7 Å². The predicted molar refractivity (Wildman–Crippen MR) is 86.2 cm³/mol. The Hall–Kier alpha value is -2.21. The molecule has 6 heteroatoms. The van der Waals surface area contributed by atoms with Gasteiger partial charge in [-0.3, -0.25) is 0 Å². The Morgan fingerprint density at radius 2 is 1.95 bits per heavy atom. The Balaban J connectivity index is 2.19. The Morgan fingerprint density at radius 1 is 1.14 bits per heavy atom. The van der Waals surface area contributed by atoms with Gasteiger partial charge in [0.05, 0.1) is 5.69 Å². The third kappa shape index (κ3) is 2.54. The number of hydrogen-bond donors (Lipinski definition) is 1. The summed E-state index contributed by atoms with van der Waals surface area (Å²) in [6.45, 7) is 4.00. The van der Waals surface area contributed by atoms with Crippen LogP contribution in [0.2, 0.25) is 0 Å². The fourth-order valence-electron chi connectivity index (χ4n) is 2.24. The Labute approximate surface area is 130 Å². The summed E-state index contributed by atoms with van der Waals surface area (Å²) < 4.78 is 2.68. The molecule has 2 N–H and O–H groups in total. The third-order valence-electron chi connectivity index (χ3n) is 3.31. The van der Waals surface area contributed by atoms with Crippen LogP contribution in [0.25, 0.3) is 17.1 Å². The number of hydrogen-bond acceptors (Lipinski definition) is 4. The molecule has 0 aliphatic carbocycles. The molecule has 1 heterocycles. The third-order valence-corrected chi connectivity index (χ3v) is 3.76. The van der Waals surface area contributed by atoms with Crippen molar-refractivity contribution < 1.29 is 0 Å². The minimum absolute atomic E-state index is 0.633. The number of nitrogen functional groups attached to an aromatic ring is 1. The van der Waals surface area contributed by atoms with Gasteiger partial charge < -0.3 is 5.73 Å². The Kier molecular flexibility index (Phi) is 3.47. The van der Waals surface area contributed by atoms with E-state index in [0.717, 1.165) is 26.9 Å². The highest BCUT2D eigenvalue weighted by molar-refractivity contribution is 9.10. The van der Waals surface area contributed by atoms with Gasteiger partial charge in [-0.15, -0.1) is 5.10 Å². The van der Waals surface area contributed by atoms with Crippen molar-refractivity contribution in [2.24, 2.45) is 0 Å². The lowest BCUT2D eigenvalue weighted by Crippen LogP contribution is -2.03. The summed E-state index contributed by atoms with van der Waals surface area (Å²) >= 11 is 3.50. The van der Waals surface area contributed by atoms with Crippen molar-refractivity contribution in [3.05, 3.63) is 52.0 Å². The molecule has 0 radical (unpaired) electrons. The Morgan fingerprint density at radius 3 is 2.71 bits per heavy atom. The summed E-state index contributed by atoms with van der Waals surface area (Å²) in [5, 5.41) is 12.0. The quantitative estimate of drug-likeness (QED) is 0.725. The van der Waals surface area contributed by atoms with E-state index in [-0.39, 0.29) is 0 Å². The largest absolute Gasteiger partial charge is 0.398 e. The number of aryl methyl sites for hydroxylation is 2. The fraction of sp³-hybridized carbons (Fsp3) is 0.133. The molecule has 2 aromatic carbocycles. The number of nitrogens with two attached hydrogens (primary N) is 1. The van der Waals surface area contributed by atoms with Crippen LogP contribution in [0.15, 0.2) is 40.9 Å². The lowest BCUT2D eigenvalue weighted by atomic mass is 10.1. The molecule has 0 spiro atoms. The van der Waals surface area contributed by atoms with Gasteiger partial charge in [-0.25, -0.2) is 0 Å². The number of benzene rings is 2. The lowest BCUT2D eigenvalue weighted by molar-refractivity contribution is 0.790. The van der Waals surface area contributed by atoms with Gasteiger partial charge in [0.15, 0.2) is 5.82 Å². The molecule has 0 aliphatic heterocycles. The van der Waals surface area contributed by atoms with Crippen molar-refractivity contribution in [2.75, 3.05) is 5.73 Å². The maximum atomic E-state index is 6.16. The van der Waals surface area contributed by atoms with Gasteiger partial charge in [-0.2, -0.15) is 4.68 Å². The molecule has 1 aromatic heterocycles. The van der Waals surface area contributed by atoms with Crippen LogP contribution in [0.1, 0.15) is 11.1 Å². The normalized spacial score (nSPS) is 10.8. The van der Waals surface area contributed by atoms with E-state index < -0.39 is 0 Å². The molecule has 0 aliphatic rings. The minimum Gasteiger partial charge on any atom is -0.398 e. The average Bonchev–Trinajstić information content (AvgIpc) is 2.90. The highest BCUT2D eigenvalue weighted by atomic mass is 79.9. The molecule has 3 rings (SSSR count). The second kappa shape index (κ2) is 5.29. The molecule has 0 amide bonds. The van der Waals surface area contributed by atoms with Crippen molar-refractivity contribution in [3.8, 4) is 17.1 Å². The van der Waals surface area contributed by atoms with Crippen LogP contribution in [-0.4, -0.2) is 20.2 Å². The zero-order valence-electron chi connectivity index (χ0n) is 11.7. The van der Waals surface area contributed by atoms with Gasteiger partial charge in [0.1, 0.15) is 0 Å². The van der Waals surface area contributed by atoms with Crippen molar-refractivity contribution in [1.29, 1.82) is 0 Å². The van der Waals surface area contributed by atoms with Gasteiger partial charge in [0.25, 0.3) is 0 Å². The zero-order chi connectivity index (χ0) is 15.0. The first kappa shape index (κ1) is 13.8. The van der Waals surface area contributed by atoms with Crippen LogP contribution in [0.3, 0.4) is 0 Å². The molecule has 0 fully saturated rings. The molecule has 0 bridgehead atoms. The average molecular weight is 344 g/mol. The molecule has 0 atom stereocenters. The van der Waals surface area contributed by atoms with Gasteiger partial charge in [-0.1, -0.05) is 28.1 Å². The fourth-order valence-corrected chi connectivity index (χ4v) is 2.84. The highest BCUT2D eigenvalue weighted by Gasteiger charge is 2.14. The van der Waals surface area contributed by atoms with E-state index in [1.165, 1.54) is 0 Å². The molecule has 5 nitrogen and oxygen atoms in total. The van der Waals surface area contributed by atoms with Crippen molar-refractivity contribution in [3.63, 3.8) is 0 Å². The van der Waals surface area contributed by atoms with E-state index in [1.54, 1.807) is 4.68 Å². The smallest absolute Gasteiger partial charge is 0.189 e. The summed E-state index contributed by atoms with van der Waals surface area (Å²) in [6, 6.07) is 11.9. The number of aromatic nitrogens is 4. The molecule has 21 heavy (non-hydrogen) atoms. The zero-order valence-corrected chi connectivity index (χ0v) is 13.3. The molecular formula is C15H14BrN5. The van der Waals surface area contributed by atoms with E-state index >= 15 is 0 Å². The second-order valence-corrected chi connectivity index (χ2v) is 5.85. The number of para-hydroxylation sites is 1. The van der Waals surface area contributed by atoms with Gasteiger partial charge in [0.2, 0.25) is 0 Å². The van der Waals surface area contributed by atoms with E-state index in [1.807, 2.05) is 50.2 Å². The monoisotopic (exact) mass is 343 g/mol. The van der Waals surface area contributed by atoms with Crippen molar-refractivity contribution in [1.82, 2.24) is 20.2 Å². The van der Waals surface area contributed by atoms with Crippen LogP contribution >= 0.6 is 15.9 Å². The van der Waals surface area contributed by atoms with Crippen LogP contribution in [0.5, 0.6) is 0 Å². The van der Waals surface area contributed by atoms with Gasteiger partial charge in [-0.05, 0) is 59.7 Å². The first-order valence-corrected chi connectivity index (χ1v) is 7.27. The van der Waals surface area contributed by atoms with E-state index in [0.29, 0.717) is 11.5 Å². The number of nitrogens with zero attached hydrogens (tertiary/aromatic N) is 4. The highest BCUT2D eigenvalue weighted by Crippen LogP contribution is 2.28. The SMILES string of the molecule is Cc1cc(Br)cc(-n2nnnc2-c2cccc(C)c2N)c1. The molecule has 0 unspecified atom stereocenters. The van der Waals surface area contributed by atoms with Gasteiger partial charge >= 0.3 is 0 Å². The van der Waals surface area contributed by atoms with Crippen LogP contribution in [0, 0.1) is 13.8 Å². The molecular weight excluding hydrogens is 330 g/mol. The lowest BCUT2D eigenvalue weighted by Gasteiger charge is -2.09. The maximum Gasteiger partial charge on any atom is 0.189 e. The number of anilines is 1. The Bertz CT molecular complexity index is 789. The maximum absolute atomic E-state index is 6.16. The molecule has 3 aromatic rings. The minimum atomic E-state index is 0.633. The van der Waals surface area contributed by atoms with Crippen LogP contribution < -0.4 is 5.73 Å². The first-order valence-electron chi connectivity index (χ1n) is 6.47. The summed E-state index contributed by atoms with van der Waals surface area (Å²) in [5.41, 5.74) is 10.7. The summed E-state index contributed by atoms with van der Waals surface area (Å²) in [4.78, 5) is 0. The predicted octanol–water partition coefficient (Wildman–Crippen LogP) is 3.29. The van der Waals surface area contributed by atoms with Crippen LogP contribution in [-0.2, 0) is 0 Å². The number of rotatable bonds is 2. The van der Waals surface area contributed by atoms with Crippen molar-refractivity contribution in [2.45, 2.75) is 13.8 Å². The van der Waals surface area contributed by atoms with E-state index in [4.69, 9.17) is 5.73 Å². The summed E-state index contributed by atoms with van der Waals surface area (Å²) in [5.74, 6) is 0.633. The molecule has 106 valence electrons. The van der Waals surface area contributed by atoms with Crippen molar-refractivity contribution >= 4 is 21.6 Å². The van der Waals surface area contributed by atoms with E-state index in [9.17, 15) is 0 Å². The van der Waals surface area contributed by atoms with E-state index in [2.05, 4.69) is 31.5 Å². The summed E-state index contributed by atoms with van der Waals surface area (Å²) in [6.07, 6.45) is 0.